The first-order valence-corrected chi connectivity index (χ1v) is 22.5. The molecule has 6 aromatic rings. The minimum Gasteiger partial charge on any atom is -0.379 e. The predicted octanol–water partition coefficient (Wildman–Crippen LogP) is 9.62. The number of nitrogens with one attached hydrogen (secondary N) is 2. The zero-order chi connectivity index (χ0) is 39.9. The van der Waals surface area contributed by atoms with Gasteiger partial charge in [-0.3, -0.25) is 9.69 Å². The van der Waals surface area contributed by atoms with E-state index in [1.165, 1.54) is 33.4 Å². The highest BCUT2D eigenvalue weighted by Crippen LogP contribution is 2.49. The molecule has 2 atom stereocenters. The Morgan fingerprint density at radius 3 is 1.22 bits per heavy atom. The molecule has 7 heteroatoms. The lowest BCUT2D eigenvalue weighted by Crippen LogP contribution is -2.51. The third-order valence-electron chi connectivity index (χ3n) is 11.2. The fourth-order valence-corrected chi connectivity index (χ4v) is 11.1. The maximum atomic E-state index is 14.3. The van der Waals surface area contributed by atoms with E-state index in [1.807, 2.05) is 23.5 Å². The third-order valence-corrected chi connectivity index (χ3v) is 14.3. The smallest absolute Gasteiger partial charge is 0.237 e. The minimum atomic E-state index is -0.434. The highest BCUT2D eigenvalue weighted by atomic mass is 32.2. The van der Waals surface area contributed by atoms with Crippen molar-refractivity contribution in [1.82, 2.24) is 15.5 Å². The van der Waals surface area contributed by atoms with Gasteiger partial charge in [-0.2, -0.15) is 0 Å². The quantitative estimate of drug-likeness (QED) is 0.0629. The summed E-state index contributed by atoms with van der Waals surface area (Å²) in [6, 6.07) is 64.6. The Morgan fingerprint density at radius 1 is 0.552 bits per heavy atom. The van der Waals surface area contributed by atoms with Crippen LogP contribution in [-0.4, -0.2) is 73.8 Å². The van der Waals surface area contributed by atoms with Crippen LogP contribution in [0, 0.1) is 0 Å². The Bertz CT molecular complexity index is 1890. The second kappa shape index (κ2) is 20.9. The summed E-state index contributed by atoms with van der Waals surface area (Å²) in [6.07, 6.45) is 0.715. The molecule has 6 aromatic carbocycles. The Kier molecular flexibility index (Phi) is 14.9. The van der Waals surface area contributed by atoms with Gasteiger partial charge in [-0.15, -0.1) is 23.5 Å². The van der Waals surface area contributed by atoms with Crippen molar-refractivity contribution in [2.24, 2.45) is 0 Å². The number of rotatable bonds is 19. The normalized spacial score (nSPS) is 14.7. The summed E-state index contributed by atoms with van der Waals surface area (Å²) >= 11 is 3.80. The van der Waals surface area contributed by atoms with Crippen LogP contribution in [0.3, 0.4) is 0 Å². The summed E-state index contributed by atoms with van der Waals surface area (Å²) in [5.41, 5.74) is 7.38. The van der Waals surface area contributed by atoms with Gasteiger partial charge >= 0.3 is 0 Å². The van der Waals surface area contributed by atoms with Crippen molar-refractivity contribution in [1.29, 1.82) is 0 Å². The van der Waals surface area contributed by atoms with Gasteiger partial charge in [0.15, 0.2) is 0 Å². The fourth-order valence-electron chi connectivity index (χ4n) is 8.27. The second-order valence-electron chi connectivity index (χ2n) is 14.8. The highest BCUT2D eigenvalue weighted by Gasteiger charge is 2.38. The summed E-state index contributed by atoms with van der Waals surface area (Å²) in [4.78, 5) is 16.8. The maximum Gasteiger partial charge on any atom is 0.237 e. The lowest BCUT2D eigenvalue weighted by molar-refractivity contribution is -0.123. The first kappa shape index (κ1) is 41.5. The zero-order valence-corrected chi connectivity index (χ0v) is 35.1. The summed E-state index contributed by atoms with van der Waals surface area (Å²) in [7, 11) is 0. The molecule has 1 fully saturated rings. The van der Waals surface area contributed by atoms with Crippen LogP contribution in [0.4, 0.5) is 0 Å². The van der Waals surface area contributed by atoms with Gasteiger partial charge in [0.25, 0.3) is 0 Å². The van der Waals surface area contributed by atoms with E-state index in [0.717, 1.165) is 37.8 Å². The second-order valence-corrected chi connectivity index (χ2v) is 17.4. The fraction of sp³-hybridized carbons (Fsp3) is 0.275. The number of ether oxygens (including phenoxy) is 1. The molecule has 1 saturated heterocycles. The van der Waals surface area contributed by atoms with Crippen molar-refractivity contribution in [3.63, 3.8) is 0 Å². The molecule has 1 aliphatic heterocycles. The molecule has 0 saturated carbocycles. The molecule has 1 amide bonds. The molecular weight excluding hydrogens is 751 g/mol. The molecule has 298 valence electrons. The monoisotopic (exact) mass is 805 g/mol. The number of hydrogen-bond donors (Lipinski definition) is 2. The van der Waals surface area contributed by atoms with Gasteiger partial charge in [-0.1, -0.05) is 182 Å². The van der Waals surface area contributed by atoms with E-state index in [-0.39, 0.29) is 18.0 Å². The van der Waals surface area contributed by atoms with Crippen LogP contribution in [-0.2, 0) is 19.0 Å². The summed E-state index contributed by atoms with van der Waals surface area (Å²) in [5, 5.41) is 7.13. The highest BCUT2D eigenvalue weighted by molar-refractivity contribution is 8.00. The standard InChI is InChI=1S/C51H55N3O2S2/c1-41(54-34-36-56-37-35-54)40-48(52-32-38-57-50(42-20-8-2-9-21-42,43-22-10-3-11-23-43)44-24-12-4-13-25-44)49(55)53-33-39-58-51(45-26-14-5-15-27-45,46-28-16-6-17-29-46)47-30-18-7-19-31-47/h2-31,41,48,52H,32-40H2,1H3,(H,53,55). The van der Waals surface area contributed by atoms with Gasteiger partial charge in [0.1, 0.15) is 0 Å². The summed E-state index contributed by atoms with van der Waals surface area (Å²) < 4.78 is 4.82. The molecule has 1 heterocycles. The molecule has 0 aromatic heterocycles. The van der Waals surface area contributed by atoms with E-state index in [1.54, 1.807) is 0 Å². The Labute approximate surface area is 354 Å². The van der Waals surface area contributed by atoms with Crippen molar-refractivity contribution in [3.05, 3.63) is 215 Å². The van der Waals surface area contributed by atoms with Crippen LogP contribution in [0.15, 0.2) is 182 Å². The Balaban J connectivity index is 1.08. The first-order chi connectivity index (χ1) is 28.6. The van der Waals surface area contributed by atoms with Crippen LogP contribution < -0.4 is 10.6 Å². The first-order valence-electron chi connectivity index (χ1n) is 20.6. The lowest BCUT2D eigenvalue weighted by Gasteiger charge is -2.36. The van der Waals surface area contributed by atoms with Gasteiger partial charge in [0.2, 0.25) is 5.91 Å². The number of carbonyl (C=O) groups excluding carboxylic acids is 1. The number of carbonyl (C=O) groups is 1. The zero-order valence-electron chi connectivity index (χ0n) is 33.4. The van der Waals surface area contributed by atoms with Crippen LogP contribution in [0.25, 0.3) is 0 Å². The number of morpholine rings is 1. The van der Waals surface area contributed by atoms with E-state index in [9.17, 15) is 4.79 Å². The molecule has 7 rings (SSSR count). The van der Waals surface area contributed by atoms with E-state index < -0.39 is 9.49 Å². The molecule has 1 aliphatic rings. The number of thioether (sulfide) groups is 2. The number of amides is 1. The van der Waals surface area contributed by atoms with Gasteiger partial charge in [0.05, 0.1) is 28.7 Å². The lowest BCUT2D eigenvalue weighted by atomic mass is 9.84. The van der Waals surface area contributed by atoms with Gasteiger partial charge in [-0.25, -0.2) is 0 Å². The largest absolute Gasteiger partial charge is 0.379 e. The number of benzene rings is 6. The Hall–Kier alpha value is -4.63. The van der Waals surface area contributed by atoms with E-state index >= 15 is 0 Å². The van der Waals surface area contributed by atoms with Gasteiger partial charge in [-0.05, 0) is 46.7 Å². The molecular formula is C51H55N3O2S2. The van der Waals surface area contributed by atoms with Crippen molar-refractivity contribution in [2.75, 3.05) is 50.9 Å². The average Bonchev–Trinajstić information content (AvgIpc) is 3.31. The van der Waals surface area contributed by atoms with E-state index in [4.69, 9.17) is 4.74 Å². The molecule has 58 heavy (non-hydrogen) atoms. The number of hydrogen-bond acceptors (Lipinski definition) is 6. The molecule has 2 N–H and O–H groups in total. The van der Waals surface area contributed by atoms with Crippen molar-refractivity contribution >= 4 is 29.4 Å². The van der Waals surface area contributed by atoms with E-state index in [0.29, 0.717) is 19.5 Å². The maximum absolute atomic E-state index is 14.3. The molecule has 2 unspecified atom stereocenters. The molecule has 0 spiro atoms. The summed E-state index contributed by atoms with van der Waals surface area (Å²) in [6.45, 7) is 6.71. The number of nitrogens with zero attached hydrogens (tertiary/aromatic N) is 1. The third kappa shape index (κ3) is 9.79. The Morgan fingerprint density at radius 2 is 0.879 bits per heavy atom. The summed E-state index contributed by atoms with van der Waals surface area (Å²) in [5.74, 6) is 1.59. The van der Waals surface area contributed by atoms with Gasteiger partial charge in [0, 0.05) is 43.7 Å². The van der Waals surface area contributed by atoms with Crippen molar-refractivity contribution < 1.29 is 9.53 Å². The molecule has 0 bridgehead atoms. The average molecular weight is 806 g/mol. The molecule has 5 nitrogen and oxygen atoms in total. The minimum absolute atomic E-state index is 0.0517. The molecule has 0 aliphatic carbocycles. The van der Waals surface area contributed by atoms with Crippen molar-refractivity contribution in [3.8, 4) is 0 Å². The van der Waals surface area contributed by atoms with Crippen LogP contribution in [0.2, 0.25) is 0 Å². The van der Waals surface area contributed by atoms with E-state index in [2.05, 4.69) is 204 Å². The SMILES string of the molecule is CC(CC(NCCSC(c1ccccc1)(c1ccccc1)c1ccccc1)C(=O)NCCSC(c1ccccc1)(c1ccccc1)c1ccccc1)N1CCOCC1. The van der Waals surface area contributed by atoms with Crippen molar-refractivity contribution in [2.45, 2.75) is 34.9 Å². The van der Waals surface area contributed by atoms with Crippen LogP contribution in [0.5, 0.6) is 0 Å². The predicted molar refractivity (Wildman–Crippen MR) is 245 cm³/mol. The topological polar surface area (TPSA) is 53.6 Å². The molecule has 0 radical (unpaired) electrons. The van der Waals surface area contributed by atoms with Gasteiger partial charge < -0.3 is 15.4 Å². The van der Waals surface area contributed by atoms with Crippen LogP contribution in [0.1, 0.15) is 46.7 Å². The van der Waals surface area contributed by atoms with Crippen LogP contribution >= 0.6 is 23.5 Å².